The van der Waals surface area contributed by atoms with E-state index in [1.165, 1.54) is 6.42 Å². The first kappa shape index (κ1) is 11.7. The Kier molecular flexibility index (Phi) is 2.79. The lowest BCUT2D eigenvalue weighted by Gasteiger charge is -2.49. The Bertz CT molecular complexity index is 310. The van der Waals surface area contributed by atoms with Gasteiger partial charge < -0.3 is 9.47 Å². The molecule has 0 amide bonds. The van der Waals surface area contributed by atoms with E-state index in [9.17, 15) is 4.79 Å². The van der Waals surface area contributed by atoms with Gasteiger partial charge in [0.25, 0.3) is 0 Å². The summed E-state index contributed by atoms with van der Waals surface area (Å²) in [7, 11) is 1.69. The van der Waals surface area contributed by atoms with Crippen molar-refractivity contribution in [2.45, 2.75) is 62.6 Å². The molecule has 96 valence electrons. The molecule has 1 aliphatic heterocycles. The van der Waals surface area contributed by atoms with E-state index in [0.29, 0.717) is 5.78 Å². The molecule has 0 N–H and O–H groups in total. The second-order valence-corrected chi connectivity index (χ2v) is 5.99. The lowest BCUT2D eigenvalue weighted by Crippen LogP contribution is -2.54. The number of methoxy groups -OCH3 is 1. The van der Waals surface area contributed by atoms with E-state index in [-0.39, 0.29) is 11.5 Å². The fourth-order valence-corrected chi connectivity index (χ4v) is 3.59. The quantitative estimate of drug-likeness (QED) is 0.757. The normalized spacial score (nSPS) is 33.8. The molecule has 0 aromatic heterocycles. The molecule has 1 atom stereocenters. The maximum Gasteiger partial charge on any atom is 0.167 e. The average molecular weight is 238 g/mol. The number of carbonyl (C=O) groups is 1. The van der Waals surface area contributed by atoms with Crippen molar-refractivity contribution >= 4 is 5.78 Å². The average Bonchev–Trinajstić information content (AvgIpc) is 2.26. The van der Waals surface area contributed by atoms with Crippen LogP contribution in [-0.4, -0.2) is 30.7 Å². The first-order valence-electron chi connectivity index (χ1n) is 6.93. The summed E-state index contributed by atoms with van der Waals surface area (Å²) < 4.78 is 11.4. The summed E-state index contributed by atoms with van der Waals surface area (Å²) in [4.78, 5) is 12.6. The summed E-state index contributed by atoms with van der Waals surface area (Å²) in [6.45, 7) is 0.760. The van der Waals surface area contributed by atoms with E-state index < -0.39 is 5.60 Å². The van der Waals surface area contributed by atoms with E-state index in [2.05, 4.69) is 0 Å². The molecule has 3 aliphatic rings. The van der Waals surface area contributed by atoms with Crippen molar-refractivity contribution in [2.24, 2.45) is 5.92 Å². The minimum Gasteiger partial charge on any atom is -0.375 e. The van der Waals surface area contributed by atoms with Gasteiger partial charge in [-0.1, -0.05) is 0 Å². The summed E-state index contributed by atoms with van der Waals surface area (Å²) >= 11 is 0. The van der Waals surface area contributed by atoms with Gasteiger partial charge in [-0.2, -0.15) is 0 Å². The predicted molar refractivity (Wildman–Crippen MR) is 63.9 cm³/mol. The second-order valence-electron chi connectivity index (χ2n) is 5.99. The predicted octanol–water partition coefficient (Wildman–Crippen LogP) is 2.47. The van der Waals surface area contributed by atoms with Gasteiger partial charge in [0, 0.05) is 19.6 Å². The molecule has 0 aromatic rings. The smallest absolute Gasteiger partial charge is 0.167 e. The van der Waals surface area contributed by atoms with Crippen LogP contribution in [0.3, 0.4) is 0 Å². The summed E-state index contributed by atoms with van der Waals surface area (Å²) in [5.74, 6) is 0.546. The lowest BCUT2D eigenvalue weighted by atomic mass is 9.66. The molecule has 3 fully saturated rings. The second kappa shape index (κ2) is 4.06. The summed E-state index contributed by atoms with van der Waals surface area (Å²) in [5.41, 5.74) is -0.357. The van der Waals surface area contributed by atoms with Crippen molar-refractivity contribution in [3.8, 4) is 0 Å². The van der Waals surface area contributed by atoms with Crippen molar-refractivity contribution in [3.63, 3.8) is 0 Å². The summed E-state index contributed by atoms with van der Waals surface area (Å²) in [6, 6.07) is 0. The van der Waals surface area contributed by atoms with Crippen molar-refractivity contribution in [1.82, 2.24) is 0 Å². The first-order chi connectivity index (χ1) is 8.20. The first-order valence-corrected chi connectivity index (χ1v) is 6.93. The zero-order valence-electron chi connectivity index (χ0n) is 10.7. The van der Waals surface area contributed by atoms with Crippen molar-refractivity contribution < 1.29 is 14.3 Å². The van der Waals surface area contributed by atoms with E-state index in [1.54, 1.807) is 7.11 Å². The van der Waals surface area contributed by atoms with Crippen molar-refractivity contribution in [2.75, 3.05) is 13.7 Å². The van der Waals surface area contributed by atoms with Crippen LogP contribution in [0.15, 0.2) is 0 Å². The van der Waals surface area contributed by atoms with Crippen LogP contribution in [0.5, 0.6) is 0 Å². The molecule has 0 radical (unpaired) electrons. The number of rotatable bonds is 3. The molecule has 3 nitrogen and oxygen atoms in total. The maximum absolute atomic E-state index is 12.6. The highest BCUT2D eigenvalue weighted by molar-refractivity contribution is 5.90. The SMILES string of the molecule is COC1(C(=O)C2CCOC3(CCC3)C2)CCC1. The highest BCUT2D eigenvalue weighted by atomic mass is 16.5. The lowest BCUT2D eigenvalue weighted by molar-refractivity contribution is -0.175. The maximum atomic E-state index is 12.6. The van der Waals surface area contributed by atoms with Crippen LogP contribution in [0.1, 0.15) is 51.4 Å². The Morgan fingerprint density at radius 1 is 1.24 bits per heavy atom. The molecule has 2 saturated carbocycles. The van der Waals surface area contributed by atoms with Crippen LogP contribution in [0.2, 0.25) is 0 Å². The van der Waals surface area contributed by atoms with Crippen LogP contribution < -0.4 is 0 Å². The fourth-order valence-electron chi connectivity index (χ4n) is 3.59. The molecular weight excluding hydrogens is 216 g/mol. The minimum atomic E-state index is -0.424. The third kappa shape index (κ3) is 1.75. The van der Waals surface area contributed by atoms with Crippen LogP contribution in [0.4, 0.5) is 0 Å². The molecule has 1 heterocycles. The number of hydrogen-bond donors (Lipinski definition) is 0. The molecular formula is C14H22O3. The highest BCUT2D eigenvalue weighted by Crippen LogP contribution is 2.47. The van der Waals surface area contributed by atoms with Gasteiger partial charge in [-0.25, -0.2) is 0 Å². The summed E-state index contributed by atoms with van der Waals surface area (Å²) in [5, 5.41) is 0. The number of Topliss-reactive ketones (excluding diaryl/α,β-unsaturated/α-hetero) is 1. The number of hydrogen-bond acceptors (Lipinski definition) is 3. The molecule has 2 aliphatic carbocycles. The van der Waals surface area contributed by atoms with Crippen LogP contribution >= 0.6 is 0 Å². The Balaban J connectivity index is 1.69. The van der Waals surface area contributed by atoms with Gasteiger partial charge in [0.05, 0.1) is 5.60 Å². The molecule has 0 aromatic carbocycles. The number of ether oxygens (including phenoxy) is 2. The van der Waals surface area contributed by atoms with Gasteiger partial charge in [-0.3, -0.25) is 4.79 Å². The highest BCUT2D eigenvalue weighted by Gasteiger charge is 2.51. The third-order valence-corrected chi connectivity index (χ3v) is 5.13. The molecule has 17 heavy (non-hydrogen) atoms. The van der Waals surface area contributed by atoms with Crippen LogP contribution in [0, 0.1) is 5.92 Å². The fraction of sp³-hybridized carbons (Fsp3) is 0.929. The molecule has 1 saturated heterocycles. The van der Waals surface area contributed by atoms with E-state index in [4.69, 9.17) is 9.47 Å². The number of carbonyl (C=O) groups excluding carboxylic acids is 1. The van der Waals surface area contributed by atoms with Gasteiger partial charge in [0.1, 0.15) is 5.60 Å². The van der Waals surface area contributed by atoms with Crippen LogP contribution in [0.25, 0.3) is 0 Å². The Morgan fingerprint density at radius 3 is 2.41 bits per heavy atom. The van der Waals surface area contributed by atoms with Gasteiger partial charge >= 0.3 is 0 Å². The third-order valence-electron chi connectivity index (χ3n) is 5.13. The summed E-state index contributed by atoms with van der Waals surface area (Å²) in [6.07, 6.45) is 8.37. The zero-order chi connectivity index (χ0) is 11.9. The van der Waals surface area contributed by atoms with Crippen molar-refractivity contribution in [1.29, 1.82) is 0 Å². The van der Waals surface area contributed by atoms with E-state index in [1.807, 2.05) is 0 Å². The van der Waals surface area contributed by atoms with E-state index >= 15 is 0 Å². The van der Waals surface area contributed by atoms with E-state index in [0.717, 1.165) is 51.6 Å². The number of ketones is 1. The topological polar surface area (TPSA) is 35.5 Å². The molecule has 0 bridgehead atoms. The monoisotopic (exact) mass is 238 g/mol. The van der Waals surface area contributed by atoms with Gasteiger partial charge in [0.2, 0.25) is 0 Å². The minimum absolute atomic E-state index is 0.0667. The molecule has 1 spiro atoms. The Labute approximate surface area is 103 Å². The molecule has 3 rings (SSSR count). The zero-order valence-corrected chi connectivity index (χ0v) is 10.7. The standard InChI is InChI=1S/C14H22O3/c1-16-14(7-3-8-14)12(15)11-4-9-17-13(10-11)5-2-6-13/h11H,2-10H2,1H3. The Hall–Kier alpha value is -0.410. The van der Waals surface area contributed by atoms with Crippen LogP contribution in [-0.2, 0) is 14.3 Å². The van der Waals surface area contributed by atoms with Crippen molar-refractivity contribution in [3.05, 3.63) is 0 Å². The molecule has 1 unspecified atom stereocenters. The Morgan fingerprint density at radius 2 is 1.94 bits per heavy atom. The largest absolute Gasteiger partial charge is 0.375 e. The van der Waals surface area contributed by atoms with Gasteiger partial charge in [0.15, 0.2) is 5.78 Å². The molecule has 3 heteroatoms. The van der Waals surface area contributed by atoms with Gasteiger partial charge in [-0.05, 0) is 51.4 Å². The van der Waals surface area contributed by atoms with Gasteiger partial charge in [-0.15, -0.1) is 0 Å².